The lowest BCUT2D eigenvalue weighted by Crippen LogP contribution is -2.30. The predicted molar refractivity (Wildman–Crippen MR) is 148 cm³/mol. The van der Waals surface area contributed by atoms with E-state index < -0.39 is 17.7 Å². The molecule has 192 valence electrons. The molecule has 1 N–H and O–H groups in total. The van der Waals surface area contributed by atoms with Gasteiger partial charge in [-0.2, -0.15) is 0 Å². The molecule has 3 aromatic carbocycles. The lowest BCUT2D eigenvalue weighted by atomic mass is 9.85. The molecule has 1 amide bonds. The van der Waals surface area contributed by atoms with Crippen molar-refractivity contribution in [1.82, 2.24) is 0 Å². The Morgan fingerprint density at radius 2 is 1.65 bits per heavy atom. The number of amides is 1. The summed E-state index contributed by atoms with van der Waals surface area (Å²) < 4.78 is 5.64. The van der Waals surface area contributed by atoms with Crippen LogP contribution in [0.4, 0.5) is 5.69 Å². The zero-order chi connectivity index (χ0) is 26.9. The quantitative estimate of drug-likeness (QED) is 0.211. The number of ether oxygens (including phenoxy) is 1. The monoisotopic (exact) mass is 517 g/mol. The highest BCUT2D eigenvalue weighted by molar-refractivity contribution is 6.52. The molecule has 0 aromatic heterocycles. The van der Waals surface area contributed by atoms with E-state index in [1.807, 2.05) is 44.2 Å². The van der Waals surface area contributed by atoms with Crippen molar-refractivity contribution in [3.8, 4) is 5.75 Å². The van der Waals surface area contributed by atoms with E-state index in [9.17, 15) is 14.7 Å². The van der Waals surface area contributed by atoms with E-state index in [0.29, 0.717) is 28.6 Å². The SMILES string of the molecule is CCCOc1ccc(/C(O)=C2\C(=O)C(=O)N(c3cc(Cl)ccc3C)C2c2ccc(C(C)(C)C)cc2)cc1. The van der Waals surface area contributed by atoms with Gasteiger partial charge in [0, 0.05) is 16.3 Å². The van der Waals surface area contributed by atoms with Gasteiger partial charge in [-0.1, -0.05) is 69.6 Å². The van der Waals surface area contributed by atoms with E-state index in [1.54, 1.807) is 36.4 Å². The fraction of sp³-hybridized carbons (Fsp3) is 0.290. The molecule has 1 unspecified atom stereocenters. The zero-order valence-corrected chi connectivity index (χ0v) is 22.6. The van der Waals surface area contributed by atoms with Crippen molar-refractivity contribution < 1.29 is 19.4 Å². The number of ketones is 1. The van der Waals surface area contributed by atoms with E-state index in [4.69, 9.17) is 16.3 Å². The molecule has 1 aliphatic rings. The van der Waals surface area contributed by atoms with Gasteiger partial charge in [0.25, 0.3) is 11.7 Å². The fourth-order valence-corrected chi connectivity index (χ4v) is 4.65. The van der Waals surface area contributed by atoms with Gasteiger partial charge in [-0.25, -0.2) is 0 Å². The summed E-state index contributed by atoms with van der Waals surface area (Å²) in [6, 6.07) is 19.1. The van der Waals surface area contributed by atoms with Crippen LogP contribution >= 0.6 is 11.6 Å². The maximum atomic E-state index is 13.5. The number of Topliss-reactive ketones (excluding diaryl/α,β-unsaturated/α-hetero) is 1. The summed E-state index contributed by atoms with van der Waals surface area (Å²) in [5.41, 5.74) is 3.56. The van der Waals surface area contributed by atoms with Crippen LogP contribution in [-0.2, 0) is 15.0 Å². The molecule has 0 radical (unpaired) electrons. The van der Waals surface area contributed by atoms with E-state index >= 15 is 0 Å². The molecule has 1 saturated heterocycles. The summed E-state index contributed by atoms with van der Waals surface area (Å²) in [6.07, 6.45) is 0.877. The molecular formula is C31H32ClNO4. The summed E-state index contributed by atoms with van der Waals surface area (Å²) in [5.74, 6) is -1.01. The topological polar surface area (TPSA) is 66.8 Å². The lowest BCUT2D eigenvalue weighted by molar-refractivity contribution is -0.132. The minimum Gasteiger partial charge on any atom is -0.507 e. The van der Waals surface area contributed by atoms with Crippen LogP contribution in [0.15, 0.2) is 72.3 Å². The predicted octanol–water partition coefficient (Wildman–Crippen LogP) is 7.36. The number of anilines is 1. The molecular weight excluding hydrogens is 486 g/mol. The summed E-state index contributed by atoms with van der Waals surface area (Å²) in [5, 5.41) is 11.8. The molecule has 37 heavy (non-hydrogen) atoms. The largest absolute Gasteiger partial charge is 0.507 e. The minimum atomic E-state index is -0.817. The van der Waals surface area contributed by atoms with Crippen molar-refractivity contribution in [2.45, 2.75) is 52.5 Å². The normalized spacial score (nSPS) is 17.4. The number of aliphatic hydroxyl groups is 1. The first-order valence-corrected chi connectivity index (χ1v) is 12.8. The van der Waals surface area contributed by atoms with Crippen LogP contribution < -0.4 is 9.64 Å². The number of rotatable bonds is 6. The Hall–Kier alpha value is -3.57. The number of hydrogen-bond acceptors (Lipinski definition) is 4. The Balaban J connectivity index is 1.88. The second-order valence-electron chi connectivity index (χ2n) is 10.3. The summed E-state index contributed by atoms with van der Waals surface area (Å²) in [4.78, 5) is 28.4. The summed E-state index contributed by atoms with van der Waals surface area (Å²) >= 11 is 6.29. The Bertz CT molecular complexity index is 1350. The first-order chi connectivity index (χ1) is 17.5. The Labute approximate surface area is 223 Å². The second kappa shape index (κ2) is 10.4. The number of aliphatic hydroxyl groups excluding tert-OH is 1. The summed E-state index contributed by atoms with van der Waals surface area (Å²) in [7, 11) is 0. The molecule has 0 aliphatic carbocycles. The third-order valence-electron chi connectivity index (χ3n) is 6.57. The van der Waals surface area contributed by atoms with Gasteiger partial charge in [-0.05, 0) is 71.8 Å². The highest BCUT2D eigenvalue weighted by Gasteiger charge is 2.47. The molecule has 1 fully saturated rings. The lowest BCUT2D eigenvalue weighted by Gasteiger charge is -2.28. The van der Waals surface area contributed by atoms with E-state index in [-0.39, 0.29) is 16.7 Å². The number of nitrogens with zero attached hydrogens (tertiary/aromatic N) is 1. The number of carbonyl (C=O) groups is 2. The Morgan fingerprint density at radius 3 is 2.24 bits per heavy atom. The first kappa shape index (κ1) is 26.5. The molecule has 1 atom stereocenters. The van der Waals surface area contributed by atoms with Crippen molar-refractivity contribution in [2.24, 2.45) is 0 Å². The Morgan fingerprint density at radius 1 is 1.00 bits per heavy atom. The van der Waals surface area contributed by atoms with Crippen molar-refractivity contribution >= 4 is 34.7 Å². The minimum absolute atomic E-state index is 0.0371. The molecule has 1 aliphatic heterocycles. The van der Waals surface area contributed by atoms with Crippen LogP contribution in [0.5, 0.6) is 5.75 Å². The van der Waals surface area contributed by atoms with Gasteiger partial charge in [0.05, 0.1) is 18.2 Å². The maximum Gasteiger partial charge on any atom is 0.300 e. The third-order valence-corrected chi connectivity index (χ3v) is 6.80. The third kappa shape index (κ3) is 5.28. The second-order valence-corrected chi connectivity index (χ2v) is 10.8. The van der Waals surface area contributed by atoms with Gasteiger partial charge in [0.15, 0.2) is 0 Å². The number of aryl methyl sites for hydroxylation is 1. The maximum absolute atomic E-state index is 13.5. The number of benzene rings is 3. The molecule has 4 rings (SSSR count). The van der Waals surface area contributed by atoms with E-state index in [2.05, 4.69) is 20.8 Å². The number of halogens is 1. The Kier molecular flexibility index (Phi) is 7.47. The fourth-order valence-electron chi connectivity index (χ4n) is 4.49. The van der Waals surface area contributed by atoms with Crippen molar-refractivity contribution in [3.05, 3.63) is 99.6 Å². The van der Waals surface area contributed by atoms with Gasteiger partial charge in [-0.3, -0.25) is 14.5 Å². The molecule has 0 saturated carbocycles. The van der Waals surface area contributed by atoms with Gasteiger partial charge >= 0.3 is 0 Å². The molecule has 5 nitrogen and oxygen atoms in total. The first-order valence-electron chi connectivity index (χ1n) is 12.4. The molecule has 1 heterocycles. The van der Waals surface area contributed by atoms with Crippen LogP contribution in [0, 0.1) is 6.92 Å². The van der Waals surface area contributed by atoms with E-state index in [0.717, 1.165) is 23.1 Å². The van der Waals surface area contributed by atoms with Crippen molar-refractivity contribution in [3.63, 3.8) is 0 Å². The zero-order valence-electron chi connectivity index (χ0n) is 21.8. The van der Waals surface area contributed by atoms with Crippen LogP contribution in [-0.4, -0.2) is 23.4 Å². The van der Waals surface area contributed by atoms with Crippen LogP contribution in [0.3, 0.4) is 0 Å². The summed E-state index contributed by atoms with van der Waals surface area (Å²) in [6.45, 7) is 10.8. The van der Waals surface area contributed by atoms with Crippen molar-refractivity contribution in [2.75, 3.05) is 11.5 Å². The van der Waals surface area contributed by atoms with Crippen LogP contribution in [0.25, 0.3) is 5.76 Å². The number of carbonyl (C=O) groups excluding carboxylic acids is 2. The van der Waals surface area contributed by atoms with Gasteiger partial charge in [0.2, 0.25) is 0 Å². The van der Waals surface area contributed by atoms with Crippen molar-refractivity contribution in [1.29, 1.82) is 0 Å². The number of hydrogen-bond donors (Lipinski definition) is 1. The van der Waals surface area contributed by atoms with Crippen LogP contribution in [0.2, 0.25) is 5.02 Å². The average molecular weight is 518 g/mol. The van der Waals surface area contributed by atoms with Crippen LogP contribution in [0.1, 0.15) is 62.4 Å². The van der Waals surface area contributed by atoms with Gasteiger partial charge < -0.3 is 9.84 Å². The standard InChI is InChI=1S/C31H32ClNO4/c1-6-17-37-24-15-10-21(11-16-24)28(34)26-27(20-8-12-22(13-9-20)31(3,4)5)33(30(36)29(26)35)25-18-23(32)14-7-19(25)2/h7-16,18,27,34H,6,17H2,1-5H3/b28-26+. The molecule has 0 spiro atoms. The van der Waals surface area contributed by atoms with E-state index in [1.165, 1.54) is 4.90 Å². The molecule has 3 aromatic rings. The average Bonchev–Trinajstić information content (AvgIpc) is 3.13. The highest BCUT2D eigenvalue weighted by Crippen LogP contribution is 2.44. The molecule has 0 bridgehead atoms. The highest BCUT2D eigenvalue weighted by atomic mass is 35.5. The van der Waals surface area contributed by atoms with Gasteiger partial charge in [-0.15, -0.1) is 0 Å². The smallest absolute Gasteiger partial charge is 0.300 e. The molecule has 6 heteroatoms. The van der Waals surface area contributed by atoms with Gasteiger partial charge in [0.1, 0.15) is 11.5 Å².